The van der Waals surface area contributed by atoms with Crippen molar-refractivity contribution in [3.63, 3.8) is 0 Å². The van der Waals surface area contributed by atoms with Crippen molar-refractivity contribution < 1.29 is 51.6 Å². The molecule has 0 radical (unpaired) electrons. The fourth-order valence-electron chi connectivity index (χ4n) is 8.40. The minimum absolute atomic E-state index is 0.151. The van der Waals surface area contributed by atoms with Gasteiger partial charge in [-0.25, -0.2) is 14.6 Å². The molecule has 61 heavy (non-hydrogen) atoms. The Bertz CT molecular complexity index is 2120. The van der Waals surface area contributed by atoms with E-state index in [9.17, 15) is 28.0 Å². The lowest BCUT2D eigenvalue weighted by Crippen LogP contribution is -2.54. The molecular weight excluding hydrogens is 797 g/mol. The first kappa shape index (κ1) is 43.4. The van der Waals surface area contributed by atoms with Gasteiger partial charge in [0.05, 0.1) is 64.6 Å². The molecule has 4 aliphatic heterocycles. The van der Waals surface area contributed by atoms with Crippen molar-refractivity contribution in [1.82, 2.24) is 30.4 Å². The SMILES string of the molecule is COC(=O)N[C@@H](CCOC(F)F)C(=O)N1CCC[C@H]1c1ncc(-c2ccc(-c3ccc(C4=CN=C([C@@H]5CC6(CN5C(=O)[C@@H](NC(=O)OC)C(C)C)OCCO6)C4)cc3)cc2)[nH]1. The lowest BCUT2D eigenvalue weighted by molar-refractivity contribution is -0.153. The zero-order valence-corrected chi connectivity index (χ0v) is 34.5. The molecule has 0 unspecified atom stereocenters. The Morgan fingerprint density at radius 3 is 2.16 bits per heavy atom. The summed E-state index contributed by atoms with van der Waals surface area (Å²) in [7, 11) is 2.42. The van der Waals surface area contributed by atoms with Crippen LogP contribution in [0.25, 0.3) is 28.0 Å². The van der Waals surface area contributed by atoms with Crippen LogP contribution in [0.15, 0.2) is 65.9 Å². The number of ether oxygens (including phenoxy) is 5. The van der Waals surface area contributed by atoms with E-state index in [0.717, 1.165) is 46.3 Å². The Kier molecular flexibility index (Phi) is 13.4. The van der Waals surface area contributed by atoms with Crippen molar-refractivity contribution in [2.75, 3.05) is 47.1 Å². The van der Waals surface area contributed by atoms with Gasteiger partial charge in [-0.3, -0.25) is 14.6 Å². The molecule has 7 rings (SSSR count). The van der Waals surface area contributed by atoms with Crippen molar-refractivity contribution in [2.45, 2.75) is 82.5 Å². The Morgan fingerprint density at radius 1 is 0.885 bits per heavy atom. The van der Waals surface area contributed by atoms with E-state index in [1.807, 2.05) is 44.3 Å². The van der Waals surface area contributed by atoms with Crippen LogP contribution in [-0.4, -0.2) is 127 Å². The second-order valence-electron chi connectivity index (χ2n) is 15.7. The summed E-state index contributed by atoms with van der Waals surface area (Å²) < 4.78 is 51.1. The molecule has 0 saturated carbocycles. The number of imidazole rings is 1. The molecular formula is C43H51F2N7O9. The van der Waals surface area contributed by atoms with Crippen molar-refractivity contribution in [2.24, 2.45) is 10.9 Å². The number of benzene rings is 2. The van der Waals surface area contributed by atoms with E-state index in [4.69, 9.17) is 19.2 Å². The number of H-pyrrole nitrogens is 1. The number of nitrogens with zero attached hydrogens (tertiary/aromatic N) is 4. The molecule has 3 N–H and O–H groups in total. The number of aliphatic imine (C=N–C) groups is 1. The Balaban J connectivity index is 0.986. The topological polar surface area (TPSA) is 186 Å². The predicted molar refractivity (Wildman–Crippen MR) is 218 cm³/mol. The largest absolute Gasteiger partial charge is 0.453 e. The molecule has 16 nitrogen and oxygen atoms in total. The van der Waals surface area contributed by atoms with Crippen LogP contribution in [0.4, 0.5) is 18.4 Å². The molecule has 0 bridgehead atoms. The zero-order chi connectivity index (χ0) is 43.3. The minimum atomic E-state index is -2.99. The molecule has 0 aliphatic carbocycles. The average molecular weight is 848 g/mol. The third-order valence-corrected chi connectivity index (χ3v) is 11.6. The van der Waals surface area contributed by atoms with E-state index >= 15 is 0 Å². The average Bonchev–Trinajstić information content (AvgIpc) is 4.13. The van der Waals surface area contributed by atoms with Gasteiger partial charge < -0.3 is 49.1 Å². The molecule has 1 spiro atoms. The molecule has 3 aromatic rings. The lowest BCUT2D eigenvalue weighted by atomic mass is 9.95. The van der Waals surface area contributed by atoms with Crippen LogP contribution in [0.5, 0.6) is 0 Å². The van der Waals surface area contributed by atoms with Crippen LogP contribution in [-0.2, 0) is 33.3 Å². The number of aromatic nitrogens is 2. The van der Waals surface area contributed by atoms with Gasteiger partial charge in [0.15, 0.2) is 5.79 Å². The summed E-state index contributed by atoms with van der Waals surface area (Å²) in [5.41, 5.74) is 6.50. The molecule has 4 amide bonds. The van der Waals surface area contributed by atoms with E-state index in [2.05, 4.69) is 54.3 Å². The van der Waals surface area contributed by atoms with E-state index in [0.29, 0.717) is 51.3 Å². The van der Waals surface area contributed by atoms with Crippen LogP contribution >= 0.6 is 0 Å². The maximum atomic E-state index is 14.0. The highest BCUT2D eigenvalue weighted by molar-refractivity contribution is 6.04. The van der Waals surface area contributed by atoms with E-state index in [1.54, 1.807) is 16.0 Å². The number of hydrogen-bond donors (Lipinski definition) is 3. The van der Waals surface area contributed by atoms with Gasteiger partial charge in [-0.05, 0) is 46.6 Å². The second-order valence-corrected chi connectivity index (χ2v) is 15.7. The van der Waals surface area contributed by atoms with Gasteiger partial charge in [-0.1, -0.05) is 62.4 Å². The number of likely N-dealkylation sites (tertiary alicyclic amines) is 2. The summed E-state index contributed by atoms with van der Waals surface area (Å²) in [6.07, 6.45) is 4.20. The van der Waals surface area contributed by atoms with Gasteiger partial charge in [-0.15, -0.1) is 0 Å². The van der Waals surface area contributed by atoms with Crippen LogP contribution in [0, 0.1) is 5.92 Å². The number of nitrogens with one attached hydrogen (secondary N) is 3. The summed E-state index contributed by atoms with van der Waals surface area (Å²) in [6, 6.07) is 13.5. The standard InChI is InChI=1S/C43H51F2N7O9/c1-25(2)36(50-42(56)58-4)39(54)52-24-43(60-18-19-61-43)21-35(52)32-20-30(22-46-32)28-9-7-26(8-10-28)27-11-13-29(14-12-27)33-23-47-37(48-33)34-6-5-16-51(34)38(53)31(49-41(55)57-3)15-17-59-40(44)45/h7-14,22-23,25,31,34-36,40H,5-6,15-21,24H2,1-4H3,(H,47,48)(H,49,55)(H,50,56)/t31-,34-,35-,36-/m0/s1. The highest BCUT2D eigenvalue weighted by Gasteiger charge is 2.53. The summed E-state index contributed by atoms with van der Waals surface area (Å²) in [5, 5.41) is 5.14. The predicted octanol–water partition coefficient (Wildman–Crippen LogP) is 5.67. The van der Waals surface area contributed by atoms with Crippen LogP contribution in [0.1, 0.15) is 63.4 Å². The van der Waals surface area contributed by atoms with Crippen molar-refractivity contribution >= 4 is 35.3 Å². The van der Waals surface area contributed by atoms with E-state index in [-0.39, 0.29) is 30.8 Å². The Morgan fingerprint density at radius 2 is 1.52 bits per heavy atom. The maximum Gasteiger partial charge on any atom is 0.407 e. The molecule has 3 fully saturated rings. The monoisotopic (exact) mass is 847 g/mol. The summed E-state index contributed by atoms with van der Waals surface area (Å²) in [4.78, 5) is 67.7. The first-order valence-electron chi connectivity index (χ1n) is 20.4. The van der Waals surface area contributed by atoms with Crippen LogP contribution in [0.2, 0.25) is 0 Å². The number of alkyl carbamates (subject to hydrolysis) is 2. The number of carbonyl (C=O) groups excluding carboxylic acids is 4. The normalized spacial score (nSPS) is 20.5. The first-order chi connectivity index (χ1) is 29.4. The molecule has 4 aliphatic rings. The number of hydrogen-bond acceptors (Lipinski definition) is 11. The molecule has 2 aromatic carbocycles. The first-order valence-corrected chi connectivity index (χ1v) is 20.4. The summed E-state index contributed by atoms with van der Waals surface area (Å²) in [6.45, 7) is 1.85. The fourth-order valence-corrected chi connectivity index (χ4v) is 8.40. The Hall–Kier alpha value is -5.72. The quantitative estimate of drug-likeness (QED) is 0.183. The number of amides is 4. The third-order valence-electron chi connectivity index (χ3n) is 11.6. The number of rotatable bonds is 14. The van der Waals surface area contributed by atoms with E-state index in [1.165, 1.54) is 7.11 Å². The highest BCUT2D eigenvalue weighted by Crippen LogP contribution is 2.39. The lowest BCUT2D eigenvalue weighted by Gasteiger charge is -2.31. The summed E-state index contributed by atoms with van der Waals surface area (Å²) in [5.74, 6) is -1.20. The second kappa shape index (κ2) is 18.9. The van der Waals surface area contributed by atoms with Gasteiger partial charge in [0.1, 0.15) is 17.9 Å². The molecule has 4 atom stereocenters. The van der Waals surface area contributed by atoms with Gasteiger partial charge in [-0.2, -0.15) is 8.78 Å². The molecule has 18 heteroatoms. The molecule has 326 valence electrons. The zero-order valence-electron chi connectivity index (χ0n) is 34.5. The fraction of sp³-hybridized carbons (Fsp3) is 0.488. The van der Waals surface area contributed by atoms with Crippen LogP contribution < -0.4 is 10.6 Å². The Labute approximate surface area is 352 Å². The van der Waals surface area contributed by atoms with Gasteiger partial charge in [0, 0.05) is 37.7 Å². The van der Waals surface area contributed by atoms with Crippen molar-refractivity contribution in [1.29, 1.82) is 0 Å². The number of halogens is 2. The van der Waals surface area contributed by atoms with E-state index < -0.39 is 55.2 Å². The van der Waals surface area contributed by atoms with Crippen LogP contribution in [0.3, 0.4) is 0 Å². The number of alkyl halides is 2. The molecule has 1 aromatic heterocycles. The van der Waals surface area contributed by atoms with Gasteiger partial charge >= 0.3 is 18.8 Å². The maximum absolute atomic E-state index is 14.0. The van der Waals surface area contributed by atoms with Gasteiger partial charge in [0.25, 0.3) is 0 Å². The number of carbonyl (C=O) groups is 4. The number of aromatic amines is 1. The van der Waals surface area contributed by atoms with Crippen molar-refractivity contribution in [3.05, 3.63) is 72.3 Å². The van der Waals surface area contributed by atoms with Crippen molar-refractivity contribution in [3.8, 4) is 22.4 Å². The number of methoxy groups -OCH3 is 2. The third kappa shape index (κ3) is 9.76. The smallest absolute Gasteiger partial charge is 0.407 e. The number of allylic oxidation sites excluding steroid dienone is 1. The summed E-state index contributed by atoms with van der Waals surface area (Å²) >= 11 is 0. The van der Waals surface area contributed by atoms with Gasteiger partial charge in [0.2, 0.25) is 11.8 Å². The minimum Gasteiger partial charge on any atom is -0.453 e. The highest BCUT2D eigenvalue weighted by atomic mass is 19.3. The molecule has 3 saturated heterocycles. The molecule has 5 heterocycles.